The summed E-state index contributed by atoms with van der Waals surface area (Å²) in [5.74, 6) is 2.51. The fourth-order valence-corrected chi connectivity index (χ4v) is 3.20. The maximum atomic E-state index is 5.70. The highest BCUT2D eigenvalue weighted by atomic mass is 16.5. The number of nitrogens with one attached hydrogen (secondary N) is 1. The number of ether oxygens (including phenoxy) is 1. The topological polar surface area (TPSA) is 34.1 Å². The highest BCUT2D eigenvalue weighted by Crippen LogP contribution is 2.36. The van der Waals surface area contributed by atoms with Crippen molar-refractivity contribution in [2.75, 3.05) is 13.7 Å². The predicted octanol–water partition coefficient (Wildman–Crippen LogP) is 3.96. The summed E-state index contributed by atoms with van der Waals surface area (Å²) < 4.78 is 5.70. The highest BCUT2D eigenvalue weighted by molar-refractivity contribution is 5.26. The third kappa shape index (κ3) is 3.95. The normalized spacial score (nSPS) is 24.4. The van der Waals surface area contributed by atoms with Crippen molar-refractivity contribution in [1.82, 2.24) is 10.3 Å². The van der Waals surface area contributed by atoms with E-state index in [4.69, 9.17) is 4.74 Å². The van der Waals surface area contributed by atoms with E-state index in [2.05, 4.69) is 37.3 Å². The molecule has 0 aromatic carbocycles. The molecule has 20 heavy (non-hydrogen) atoms. The lowest BCUT2D eigenvalue weighted by Crippen LogP contribution is -2.28. The van der Waals surface area contributed by atoms with Gasteiger partial charge in [-0.05, 0) is 49.8 Å². The van der Waals surface area contributed by atoms with Crippen molar-refractivity contribution in [2.45, 2.75) is 52.0 Å². The summed E-state index contributed by atoms with van der Waals surface area (Å²) in [4.78, 5) is 4.35. The number of aromatic nitrogens is 1. The molecule has 0 bridgehead atoms. The third-order valence-electron chi connectivity index (χ3n) is 4.41. The summed E-state index contributed by atoms with van der Waals surface area (Å²) in [5.41, 5.74) is 1.26. The molecule has 1 atom stereocenters. The van der Waals surface area contributed by atoms with E-state index in [-0.39, 0.29) is 0 Å². The fourth-order valence-electron chi connectivity index (χ4n) is 3.20. The van der Waals surface area contributed by atoms with Crippen LogP contribution in [0.4, 0.5) is 0 Å². The van der Waals surface area contributed by atoms with Gasteiger partial charge in [-0.25, -0.2) is 0 Å². The number of nitrogens with zero attached hydrogens (tertiary/aromatic N) is 1. The number of hydrogen-bond acceptors (Lipinski definition) is 3. The Kier molecular flexibility index (Phi) is 5.84. The second kappa shape index (κ2) is 7.63. The molecule has 1 aliphatic rings. The van der Waals surface area contributed by atoms with Crippen LogP contribution in [0.5, 0.6) is 5.75 Å². The largest absolute Gasteiger partial charge is 0.492 e. The Morgan fingerprint density at radius 1 is 1.30 bits per heavy atom. The monoisotopic (exact) mass is 276 g/mol. The van der Waals surface area contributed by atoms with Gasteiger partial charge in [-0.1, -0.05) is 26.7 Å². The Balaban J connectivity index is 2.06. The van der Waals surface area contributed by atoms with Gasteiger partial charge in [0, 0.05) is 12.2 Å². The van der Waals surface area contributed by atoms with Gasteiger partial charge >= 0.3 is 0 Å². The van der Waals surface area contributed by atoms with Gasteiger partial charge in [0.2, 0.25) is 0 Å². The molecule has 1 fully saturated rings. The number of pyridine rings is 1. The van der Waals surface area contributed by atoms with Gasteiger partial charge < -0.3 is 10.1 Å². The van der Waals surface area contributed by atoms with Gasteiger partial charge in [0.05, 0.1) is 12.8 Å². The molecule has 2 rings (SSSR count). The average Bonchev–Trinajstić information content (AvgIpc) is 2.48. The predicted molar refractivity (Wildman–Crippen MR) is 82.9 cm³/mol. The maximum absolute atomic E-state index is 5.70. The van der Waals surface area contributed by atoms with Crippen LogP contribution in [0.2, 0.25) is 0 Å². The van der Waals surface area contributed by atoms with Gasteiger partial charge in [0.15, 0.2) is 0 Å². The molecule has 1 aliphatic carbocycles. The average molecular weight is 276 g/mol. The van der Waals surface area contributed by atoms with Crippen LogP contribution in [0, 0.1) is 11.8 Å². The van der Waals surface area contributed by atoms with Gasteiger partial charge in [0.25, 0.3) is 0 Å². The van der Waals surface area contributed by atoms with E-state index in [1.807, 2.05) is 12.4 Å². The van der Waals surface area contributed by atoms with Crippen molar-refractivity contribution < 1.29 is 4.74 Å². The first-order chi connectivity index (χ1) is 9.74. The lowest BCUT2D eigenvalue weighted by molar-refractivity contribution is 0.237. The molecule has 0 aliphatic heterocycles. The van der Waals surface area contributed by atoms with Crippen molar-refractivity contribution in [3.8, 4) is 5.75 Å². The smallest absolute Gasteiger partial charge is 0.137 e. The van der Waals surface area contributed by atoms with Crippen LogP contribution in [0.1, 0.15) is 57.6 Å². The highest BCUT2D eigenvalue weighted by Gasteiger charge is 2.26. The molecule has 1 N–H and O–H groups in total. The molecule has 1 aromatic heterocycles. The summed E-state index contributed by atoms with van der Waals surface area (Å²) in [6.07, 6.45) is 10.1. The summed E-state index contributed by atoms with van der Waals surface area (Å²) in [6, 6.07) is 2.56. The minimum atomic E-state index is 0.403. The zero-order valence-electron chi connectivity index (χ0n) is 13.1. The van der Waals surface area contributed by atoms with E-state index in [0.29, 0.717) is 6.04 Å². The SMILES string of the molecule is CCCOc1cncc(C(NC)C2CCC(C)CC2)c1. The van der Waals surface area contributed by atoms with Gasteiger partial charge in [-0.3, -0.25) is 4.98 Å². The summed E-state index contributed by atoms with van der Waals surface area (Å²) >= 11 is 0. The van der Waals surface area contributed by atoms with Crippen molar-refractivity contribution in [2.24, 2.45) is 11.8 Å². The van der Waals surface area contributed by atoms with Gasteiger partial charge in [-0.15, -0.1) is 0 Å². The molecule has 112 valence electrons. The lowest BCUT2D eigenvalue weighted by atomic mass is 9.77. The van der Waals surface area contributed by atoms with E-state index in [0.717, 1.165) is 30.6 Å². The van der Waals surface area contributed by atoms with Crippen LogP contribution in [0.25, 0.3) is 0 Å². The van der Waals surface area contributed by atoms with Crippen LogP contribution in [0.15, 0.2) is 18.5 Å². The van der Waals surface area contributed by atoms with E-state index in [1.54, 1.807) is 0 Å². The Hall–Kier alpha value is -1.09. The maximum Gasteiger partial charge on any atom is 0.137 e. The minimum absolute atomic E-state index is 0.403. The standard InChI is InChI=1S/C17H28N2O/c1-4-9-20-16-10-15(11-19-12-16)17(18-3)14-7-5-13(2)6-8-14/h10-14,17-18H,4-9H2,1-3H3. The van der Waals surface area contributed by atoms with Crippen LogP contribution < -0.4 is 10.1 Å². The molecule has 3 nitrogen and oxygen atoms in total. The fraction of sp³-hybridized carbons (Fsp3) is 0.706. The summed E-state index contributed by atoms with van der Waals surface area (Å²) in [7, 11) is 2.06. The van der Waals surface area contributed by atoms with E-state index in [9.17, 15) is 0 Å². The zero-order valence-corrected chi connectivity index (χ0v) is 13.1. The molecule has 0 amide bonds. The summed E-state index contributed by atoms with van der Waals surface area (Å²) in [6.45, 7) is 5.25. The van der Waals surface area contributed by atoms with E-state index in [1.165, 1.54) is 31.2 Å². The zero-order chi connectivity index (χ0) is 14.4. The van der Waals surface area contributed by atoms with Gasteiger partial charge in [0.1, 0.15) is 5.75 Å². The molecule has 1 aromatic rings. The minimum Gasteiger partial charge on any atom is -0.492 e. The van der Waals surface area contributed by atoms with Crippen LogP contribution in [-0.2, 0) is 0 Å². The molecule has 3 heteroatoms. The van der Waals surface area contributed by atoms with Crippen molar-refractivity contribution in [3.05, 3.63) is 24.0 Å². The molecular formula is C17H28N2O. The molecular weight excluding hydrogens is 248 g/mol. The van der Waals surface area contributed by atoms with Gasteiger partial charge in [-0.2, -0.15) is 0 Å². The second-order valence-corrected chi connectivity index (χ2v) is 6.09. The molecule has 0 spiro atoms. The number of rotatable bonds is 6. The third-order valence-corrected chi connectivity index (χ3v) is 4.41. The Bertz CT molecular complexity index is 400. The van der Waals surface area contributed by atoms with Crippen LogP contribution in [-0.4, -0.2) is 18.6 Å². The molecule has 0 saturated heterocycles. The molecule has 1 saturated carbocycles. The van der Waals surface area contributed by atoms with E-state index >= 15 is 0 Å². The quantitative estimate of drug-likeness (QED) is 0.854. The number of hydrogen-bond donors (Lipinski definition) is 1. The van der Waals surface area contributed by atoms with Crippen molar-refractivity contribution >= 4 is 0 Å². The summed E-state index contributed by atoms with van der Waals surface area (Å²) in [5, 5.41) is 3.49. The molecule has 1 unspecified atom stereocenters. The van der Waals surface area contributed by atoms with Crippen molar-refractivity contribution in [1.29, 1.82) is 0 Å². The Labute approximate surface area is 123 Å². The van der Waals surface area contributed by atoms with Crippen LogP contribution >= 0.6 is 0 Å². The Morgan fingerprint density at radius 3 is 2.70 bits per heavy atom. The molecule has 1 heterocycles. The lowest BCUT2D eigenvalue weighted by Gasteiger charge is -2.32. The van der Waals surface area contributed by atoms with Crippen molar-refractivity contribution in [3.63, 3.8) is 0 Å². The Morgan fingerprint density at radius 2 is 2.05 bits per heavy atom. The second-order valence-electron chi connectivity index (χ2n) is 6.09. The van der Waals surface area contributed by atoms with Crippen LogP contribution in [0.3, 0.4) is 0 Å². The first kappa shape index (κ1) is 15.3. The molecule has 0 radical (unpaired) electrons. The van der Waals surface area contributed by atoms with E-state index < -0.39 is 0 Å². The first-order valence-electron chi connectivity index (χ1n) is 7.99. The first-order valence-corrected chi connectivity index (χ1v) is 7.99.